The molecule has 0 saturated carbocycles. The number of carbonyl (C=O) groups excluding carboxylic acids is 2. The van der Waals surface area contributed by atoms with Gasteiger partial charge in [-0.25, -0.2) is 0 Å². The Labute approximate surface area is 198 Å². The summed E-state index contributed by atoms with van der Waals surface area (Å²) in [4.78, 5) is 24.4. The first-order valence-electron chi connectivity index (χ1n) is 9.90. The quantitative estimate of drug-likeness (QED) is 0.188. The van der Waals surface area contributed by atoms with Gasteiger partial charge in [-0.1, -0.05) is 30.3 Å². The molecule has 0 aliphatic carbocycles. The van der Waals surface area contributed by atoms with E-state index in [4.69, 9.17) is 20.6 Å². The van der Waals surface area contributed by atoms with Crippen molar-refractivity contribution in [1.29, 1.82) is 5.41 Å². The molecule has 1 unspecified atom stereocenters. The molecule has 0 aliphatic rings. The third kappa shape index (κ3) is 8.60. The van der Waals surface area contributed by atoms with Crippen LogP contribution >= 0.6 is 12.4 Å². The van der Waals surface area contributed by atoms with Gasteiger partial charge in [0.1, 0.15) is 11.9 Å². The lowest BCUT2D eigenvalue weighted by Crippen LogP contribution is -2.48. The molecular formula is C22H30ClN5O5. The Balaban J connectivity index is 0.00000544. The standard InChI is InChI=1S/C22H29N5O5.ClH/c1-31-18-8-5-15(9-19(18)32-2)11-26-20(29)12-27-22(30)17(13-28)25-10-14-3-6-16(7-4-14)21(23)24;/h3-9,17,25,28H,10-13H2,1-2H3,(H3,23,24)(H,26,29)(H,27,30);1H. The molecule has 2 amide bonds. The molecule has 1 atom stereocenters. The second-order valence-corrected chi connectivity index (χ2v) is 6.91. The lowest BCUT2D eigenvalue weighted by Gasteiger charge is -2.16. The first-order chi connectivity index (χ1) is 15.4. The summed E-state index contributed by atoms with van der Waals surface area (Å²) in [6.45, 7) is -0.0719. The second kappa shape index (κ2) is 13.9. The highest BCUT2D eigenvalue weighted by Crippen LogP contribution is 2.27. The summed E-state index contributed by atoms with van der Waals surface area (Å²) < 4.78 is 10.4. The molecule has 33 heavy (non-hydrogen) atoms. The molecule has 0 aromatic heterocycles. The Morgan fingerprint density at radius 3 is 2.21 bits per heavy atom. The smallest absolute Gasteiger partial charge is 0.239 e. The first kappa shape index (κ1) is 27.7. The van der Waals surface area contributed by atoms with Crippen molar-refractivity contribution < 1.29 is 24.2 Å². The van der Waals surface area contributed by atoms with Crippen LogP contribution in [0.1, 0.15) is 16.7 Å². The molecule has 180 valence electrons. The number of halogens is 1. The lowest BCUT2D eigenvalue weighted by molar-refractivity contribution is -0.128. The maximum absolute atomic E-state index is 12.3. The van der Waals surface area contributed by atoms with Gasteiger partial charge in [-0.2, -0.15) is 0 Å². The number of hydrogen-bond donors (Lipinski definition) is 6. The molecule has 0 spiro atoms. The summed E-state index contributed by atoms with van der Waals surface area (Å²) >= 11 is 0. The van der Waals surface area contributed by atoms with Crippen LogP contribution in [0.15, 0.2) is 42.5 Å². The van der Waals surface area contributed by atoms with Crippen LogP contribution in [0.5, 0.6) is 11.5 Å². The molecule has 10 nitrogen and oxygen atoms in total. The fourth-order valence-electron chi connectivity index (χ4n) is 2.83. The zero-order valence-corrected chi connectivity index (χ0v) is 19.3. The van der Waals surface area contributed by atoms with Gasteiger partial charge in [-0.3, -0.25) is 20.3 Å². The molecule has 0 bridgehead atoms. The van der Waals surface area contributed by atoms with Crippen molar-refractivity contribution in [2.45, 2.75) is 19.1 Å². The molecule has 2 rings (SSSR count). The number of nitrogens with one attached hydrogen (secondary N) is 4. The second-order valence-electron chi connectivity index (χ2n) is 6.91. The molecule has 0 radical (unpaired) electrons. The zero-order chi connectivity index (χ0) is 23.5. The Hall–Kier alpha value is -3.34. The van der Waals surface area contributed by atoms with Crippen LogP contribution in [0.2, 0.25) is 0 Å². The Kier molecular flexibility index (Phi) is 11.7. The highest BCUT2D eigenvalue weighted by molar-refractivity contribution is 5.94. The molecule has 0 aliphatic heterocycles. The number of ether oxygens (including phenoxy) is 2. The van der Waals surface area contributed by atoms with Crippen molar-refractivity contribution in [2.75, 3.05) is 27.4 Å². The average molecular weight is 480 g/mol. The van der Waals surface area contributed by atoms with Crippen LogP contribution in [0, 0.1) is 5.41 Å². The Bertz CT molecular complexity index is 939. The van der Waals surface area contributed by atoms with Gasteiger partial charge in [0.25, 0.3) is 0 Å². The predicted octanol–water partition coefficient (Wildman–Crippen LogP) is 0.293. The van der Waals surface area contributed by atoms with E-state index in [0.717, 1.165) is 11.1 Å². The number of nitrogen functional groups attached to an aromatic ring is 1. The number of rotatable bonds is 12. The predicted molar refractivity (Wildman–Crippen MR) is 127 cm³/mol. The number of amidine groups is 1. The molecule has 0 fully saturated rings. The van der Waals surface area contributed by atoms with Crippen LogP contribution in [0.25, 0.3) is 0 Å². The van der Waals surface area contributed by atoms with Gasteiger partial charge in [0.05, 0.1) is 27.4 Å². The number of methoxy groups -OCH3 is 2. The van der Waals surface area contributed by atoms with Gasteiger partial charge >= 0.3 is 0 Å². The first-order valence-corrected chi connectivity index (χ1v) is 9.90. The van der Waals surface area contributed by atoms with Gasteiger partial charge in [-0.05, 0) is 23.3 Å². The number of carbonyl (C=O) groups is 2. The molecule has 2 aromatic carbocycles. The number of aliphatic hydroxyl groups is 1. The van der Waals surface area contributed by atoms with Crippen molar-refractivity contribution in [3.05, 3.63) is 59.2 Å². The minimum atomic E-state index is -0.874. The van der Waals surface area contributed by atoms with E-state index in [-0.39, 0.29) is 37.2 Å². The van der Waals surface area contributed by atoms with Crippen molar-refractivity contribution in [3.8, 4) is 11.5 Å². The van der Waals surface area contributed by atoms with Crippen LogP contribution in [0.3, 0.4) is 0 Å². The van der Waals surface area contributed by atoms with Crippen LogP contribution < -0.4 is 31.2 Å². The van der Waals surface area contributed by atoms with E-state index < -0.39 is 18.6 Å². The summed E-state index contributed by atoms with van der Waals surface area (Å²) in [6.07, 6.45) is 0. The summed E-state index contributed by atoms with van der Waals surface area (Å²) in [7, 11) is 3.07. The summed E-state index contributed by atoms with van der Waals surface area (Å²) in [5.41, 5.74) is 7.69. The molecular weight excluding hydrogens is 450 g/mol. The fraction of sp³-hybridized carbons (Fsp3) is 0.318. The summed E-state index contributed by atoms with van der Waals surface area (Å²) in [5.74, 6) is 0.257. The number of hydrogen-bond acceptors (Lipinski definition) is 7. The van der Waals surface area contributed by atoms with Crippen molar-refractivity contribution in [1.82, 2.24) is 16.0 Å². The van der Waals surface area contributed by atoms with Gasteiger partial charge in [0.2, 0.25) is 11.8 Å². The number of nitrogens with two attached hydrogens (primary N) is 1. The molecule has 2 aromatic rings. The van der Waals surface area contributed by atoms with E-state index >= 15 is 0 Å². The van der Waals surface area contributed by atoms with E-state index in [1.807, 2.05) is 0 Å². The van der Waals surface area contributed by atoms with E-state index in [1.54, 1.807) is 49.6 Å². The average Bonchev–Trinajstić information content (AvgIpc) is 2.81. The van der Waals surface area contributed by atoms with Crippen LogP contribution in [-0.4, -0.2) is 56.2 Å². The van der Waals surface area contributed by atoms with Crippen molar-refractivity contribution in [3.63, 3.8) is 0 Å². The van der Waals surface area contributed by atoms with Crippen LogP contribution in [-0.2, 0) is 22.7 Å². The third-order valence-electron chi connectivity index (χ3n) is 4.68. The molecule has 7 N–H and O–H groups in total. The number of aliphatic hydroxyl groups excluding tert-OH is 1. The Morgan fingerprint density at radius 2 is 1.64 bits per heavy atom. The number of benzene rings is 2. The monoisotopic (exact) mass is 479 g/mol. The Morgan fingerprint density at radius 1 is 1.00 bits per heavy atom. The SMILES string of the molecule is COc1ccc(CNC(=O)CNC(=O)C(CO)NCc2ccc(C(=N)N)cc2)cc1OC.Cl. The highest BCUT2D eigenvalue weighted by atomic mass is 35.5. The van der Waals surface area contributed by atoms with E-state index in [1.165, 1.54) is 7.11 Å². The fourth-order valence-corrected chi connectivity index (χ4v) is 2.83. The molecule has 0 heterocycles. The topological polar surface area (TPSA) is 159 Å². The van der Waals surface area contributed by atoms with Crippen molar-refractivity contribution in [2.24, 2.45) is 5.73 Å². The van der Waals surface area contributed by atoms with E-state index in [2.05, 4.69) is 16.0 Å². The normalized spacial score (nSPS) is 11.0. The van der Waals surface area contributed by atoms with E-state index in [9.17, 15) is 14.7 Å². The maximum Gasteiger partial charge on any atom is 0.239 e. The van der Waals surface area contributed by atoms with Crippen molar-refractivity contribution >= 4 is 30.1 Å². The van der Waals surface area contributed by atoms with Gasteiger partial charge in [-0.15, -0.1) is 12.4 Å². The summed E-state index contributed by atoms with van der Waals surface area (Å²) in [6, 6.07) is 11.4. The zero-order valence-electron chi connectivity index (χ0n) is 18.5. The minimum Gasteiger partial charge on any atom is -0.493 e. The molecule has 11 heteroatoms. The van der Waals surface area contributed by atoms with Gasteiger partial charge in [0.15, 0.2) is 11.5 Å². The maximum atomic E-state index is 12.3. The largest absolute Gasteiger partial charge is 0.493 e. The van der Waals surface area contributed by atoms with E-state index in [0.29, 0.717) is 23.6 Å². The summed E-state index contributed by atoms with van der Waals surface area (Å²) in [5, 5.41) is 25.1. The number of amides is 2. The van der Waals surface area contributed by atoms with Gasteiger partial charge in [0, 0.05) is 18.7 Å². The highest BCUT2D eigenvalue weighted by Gasteiger charge is 2.17. The van der Waals surface area contributed by atoms with Crippen LogP contribution in [0.4, 0.5) is 0 Å². The third-order valence-corrected chi connectivity index (χ3v) is 4.68. The minimum absolute atomic E-state index is 0. The lowest BCUT2D eigenvalue weighted by atomic mass is 10.1. The van der Waals surface area contributed by atoms with Gasteiger partial charge < -0.3 is 30.9 Å². The molecule has 0 saturated heterocycles.